The summed E-state index contributed by atoms with van der Waals surface area (Å²) in [4.78, 5) is 0. The summed E-state index contributed by atoms with van der Waals surface area (Å²) < 4.78 is 1.79. The van der Waals surface area contributed by atoms with E-state index in [1.165, 1.54) is 0 Å². The smallest absolute Gasteiger partial charge is 0.0573 e. The second-order valence-electron chi connectivity index (χ2n) is 3.06. The second-order valence-corrected chi connectivity index (χ2v) is 3.06. The van der Waals surface area contributed by atoms with Crippen molar-refractivity contribution in [2.24, 2.45) is 12.8 Å². The van der Waals surface area contributed by atoms with Crippen LogP contribution in [0.5, 0.6) is 0 Å². The van der Waals surface area contributed by atoms with E-state index in [0.717, 1.165) is 5.69 Å². The van der Waals surface area contributed by atoms with Gasteiger partial charge in [-0.25, -0.2) is 0 Å². The lowest BCUT2D eigenvalue weighted by molar-refractivity contribution is 0.497. The molecule has 0 atom stereocenters. The molecular formula is C7H13N3. The molecule has 1 aromatic rings. The predicted molar refractivity (Wildman–Crippen MR) is 40.4 cm³/mol. The van der Waals surface area contributed by atoms with Gasteiger partial charge in [0, 0.05) is 13.2 Å². The van der Waals surface area contributed by atoms with Gasteiger partial charge >= 0.3 is 0 Å². The maximum absolute atomic E-state index is 5.84. The fourth-order valence-electron chi connectivity index (χ4n) is 1.01. The number of hydrogen-bond acceptors (Lipinski definition) is 2. The Morgan fingerprint density at radius 3 is 2.40 bits per heavy atom. The van der Waals surface area contributed by atoms with E-state index < -0.39 is 0 Å². The molecule has 2 N–H and O–H groups in total. The average molecular weight is 139 g/mol. The highest BCUT2D eigenvalue weighted by Crippen LogP contribution is 2.13. The van der Waals surface area contributed by atoms with Crippen LogP contribution < -0.4 is 5.73 Å². The van der Waals surface area contributed by atoms with Crippen LogP contribution in [0.2, 0.25) is 0 Å². The Balaban J connectivity index is 3.05. The molecule has 10 heavy (non-hydrogen) atoms. The summed E-state index contributed by atoms with van der Waals surface area (Å²) in [7, 11) is 1.89. The predicted octanol–water partition coefficient (Wildman–Crippen LogP) is 0.614. The maximum Gasteiger partial charge on any atom is 0.0573 e. The molecule has 1 rings (SSSR count). The van der Waals surface area contributed by atoms with Crippen LogP contribution in [0.15, 0.2) is 12.3 Å². The van der Waals surface area contributed by atoms with E-state index in [1.807, 2.05) is 27.0 Å². The van der Waals surface area contributed by atoms with Crippen LogP contribution in [0.1, 0.15) is 19.5 Å². The SMILES string of the molecule is Cn1nccc1C(C)(C)N. The van der Waals surface area contributed by atoms with Crippen molar-refractivity contribution in [1.82, 2.24) is 9.78 Å². The highest BCUT2D eigenvalue weighted by atomic mass is 15.3. The van der Waals surface area contributed by atoms with Gasteiger partial charge in [0.25, 0.3) is 0 Å². The van der Waals surface area contributed by atoms with Crippen LogP contribution in [0, 0.1) is 0 Å². The van der Waals surface area contributed by atoms with Crippen molar-refractivity contribution >= 4 is 0 Å². The van der Waals surface area contributed by atoms with E-state index >= 15 is 0 Å². The normalized spacial score (nSPS) is 12.0. The van der Waals surface area contributed by atoms with Crippen LogP contribution in [0.4, 0.5) is 0 Å². The number of rotatable bonds is 1. The Bertz CT molecular complexity index is 219. The second kappa shape index (κ2) is 2.09. The van der Waals surface area contributed by atoms with Crippen molar-refractivity contribution in [1.29, 1.82) is 0 Å². The molecule has 0 spiro atoms. The van der Waals surface area contributed by atoms with Crippen molar-refractivity contribution in [2.45, 2.75) is 19.4 Å². The number of aromatic nitrogens is 2. The first-order chi connectivity index (χ1) is 4.52. The zero-order valence-electron chi connectivity index (χ0n) is 6.63. The van der Waals surface area contributed by atoms with Gasteiger partial charge in [-0.05, 0) is 19.9 Å². The molecule has 0 aliphatic carbocycles. The van der Waals surface area contributed by atoms with E-state index in [2.05, 4.69) is 5.10 Å². The van der Waals surface area contributed by atoms with Crippen molar-refractivity contribution in [3.05, 3.63) is 18.0 Å². The standard InChI is InChI=1S/C7H13N3/c1-7(2,8)6-4-5-9-10(6)3/h4-5H,8H2,1-3H3. The van der Waals surface area contributed by atoms with Crippen LogP contribution >= 0.6 is 0 Å². The molecule has 0 amide bonds. The van der Waals surface area contributed by atoms with Crippen LogP contribution in [-0.4, -0.2) is 9.78 Å². The molecule has 56 valence electrons. The van der Waals surface area contributed by atoms with Gasteiger partial charge in [0.2, 0.25) is 0 Å². The number of hydrogen-bond donors (Lipinski definition) is 1. The molecule has 0 bridgehead atoms. The minimum atomic E-state index is -0.286. The Kier molecular flexibility index (Phi) is 1.52. The monoisotopic (exact) mass is 139 g/mol. The summed E-state index contributed by atoms with van der Waals surface area (Å²) in [5, 5.41) is 4.02. The Hall–Kier alpha value is -0.830. The van der Waals surface area contributed by atoms with Gasteiger partial charge in [-0.15, -0.1) is 0 Å². The zero-order chi connectivity index (χ0) is 7.78. The zero-order valence-corrected chi connectivity index (χ0v) is 6.63. The summed E-state index contributed by atoms with van der Waals surface area (Å²) in [6.07, 6.45) is 1.75. The van der Waals surface area contributed by atoms with Crippen molar-refractivity contribution in [3.8, 4) is 0 Å². The minimum Gasteiger partial charge on any atom is -0.321 e. The lowest BCUT2D eigenvalue weighted by Gasteiger charge is -2.18. The molecule has 1 aromatic heterocycles. The van der Waals surface area contributed by atoms with Gasteiger partial charge in [-0.2, -0.15) is 5.10 Å². The minimum absolute atomic E-state index is 0.286. The summed E-state index contributed by atoms with van der Waals surface area (Å²) in [5.41, 5.74) is 6.60. The van der Waals surface area contributed by atoms with Gasteiger partial charge in [-0.1, -0.05) is 0 Å². The molecule has 3 heteroatoms. The summed E-state index contributed by atoms with van der Waals surface area (Å²) in [6.45, 7) is 3.92. The highest BCUT2D eigenvalue weighted by Gasteiger charge is 2.16. The lowest BCUT2D eigenvalue weighted by atomic mass is 10.0. The van der Waals surface area contributed by atoms with Crippen molar-refractivity contribution in [3.63, 3.8) is 0 Å². The maximum atomic E-state index is 5.84. The molecule has 0 saturated carbocycles. The highest BCUT2D eigenvalue weighted by molar-refractivity contribution is 5.10. The van der Waals surface area contributed by atoms with Gasteiger partial charge in [0.15, 0.2) is 0 Å². The van der Waals surface area contributed by atoms with Gasteiger partial charge in [-0.3, -0.25) is 4.68 Å². The molecule has 0 fully saturated rings. The average Bonchev–Trinajstić information content (AvgIpc) is 2.11. The molecule has 0 radical (unpaired) electrons. The Morgan fingerprint density at radius 2 is 2.20 bits per heavy atom. The molecule has 0 saturated heterocycles. The lowest BCUT2D eigenvalue weighted by Crippen LogP contribution is -2.31. The first-order valence-electron chi connectivity index (χ1n) is 3.29. The van der Waals surface area contributed by atoms with Gasteiger partial charge < -0.3 is 5.73 Å². The molecular weight excluding hydrogens is 126 g/mol. The first-order valence-corrected chi connectivity index (χ1v) is 3.29. The first kappa shape index (κ1) is 7.28. The summed E-state index contributed by atoms with van der Waals surface area (Å²) in [6, 6.07) is 1.93. The van der Waals surface area contributed by atoms with Gasteiger partial charge in [0.05, 0.1) is 11.2 Å². The largest absolute Gasteiger partial charge is 0.321 e. The topological polar surface area (TPSA) is 43.8 Å². The molecule has 0 aliphatic heterocycles. The molecule has 0 aromatic carbocycles. The summed E-state index contributed by atoms with van der Waals surface area (Å²) in [5.74, 6) is 0. The Morgan fingerprint density at radius 1 is 1.60 bits per heavy atom. The van der Waals surface area contributed by atoms with Crippen molar-refractivity contribution < 1.29 is 0 Å². The fourth-order valence-corrected chi connectivity index (χ4v) is 1.01. The third-order valence-electron chi connectivity index (χ3n) is 1.48. The summed E-state index contributed by atoms with van der Waals surface area (Å²) >= 11 is 0. The third-order valence-corrected chi connectivity index (χ3v) is 1.48. The molecule has 0 aliphatic rings. The number of aryl methyl sites for hydroxylation is 1. The van der Waals surface area contributed by atoms with E-state index in [-0.39, 0.29) is 5.54 Å². The van der Waals surface area contributed by atoms with E-state index in [1.54, 1.807) is 10.9 Å². The van der Waals surface area contributed by atoms with Crippen molar-refractivity contribution in [2.75, 3.05) is 0 Å². The fraction of sp³-hybridized carbons (Fsp3) is 0.571. The third kappa shape index (κ3) is 1.19. The molecule has 0 unspecified atom stereocenters. The van der Waals surface area contributed by atoms with Crippen LogP contribution in [-0.2, 0) is 12.6 Å². The van der Waals surface area contributed by atoms with Crippen LogP contribution in [0.25, 0.3) is 0 Å². The number of nitrogens with zero attached hydrogens (tertiary/aromatic N) is 2. The number of nitrogens with two attached hydrogens (primary N) is 1. The van der Waals surface area contributed by atoms with E-state index in [9.17, 15) is 0 Å². The quantitative estimate of drug-likeness (QED) is 0.619. The van der Waals surface area contributed by atoms with E-state index in [4.69, 9.17) is 5.73 Å². The van der Waals surface area contributed by atoms with Gasteiger partial charge in [0.1, 0.15) is 0 Å². The van der Waals surface area contributed by atoms with Crippen LogP contribution in [0.3, 0.4) is 0 Å². The van der Waals surface area contributed by atoms with E-state index in [0.29, 0.717) is 0 Å². The Labute approximate surface area is 60.8 Å². The molecule has 3 nitrogen and oxygen atoms in total. The molecule has 1 heterocycles.